The largest absolute Gasteiger partial charge is 0.367 e. The van der Waals surface area contributed by atoms with Crippen LogP contribution >= 0.6 is 0 Å². The van der Waals surface area contributed by atoms with Gasteiger partial charge >= 0.3 is 0 Å². The SMILES string of the molecule is CC.Cc1cnc2cc(N3CCC3)c(=O)[nH]c2c1. The molecule has 0 radical (unpaired) electrons. The molecule has 18 heavy (non-hydrogen) atoms. The zero-order chi connectivity index (χ0) is 13.1. The minimum Gasteiger partial charge on any atom is -0.367 e. The van der Waals surface area contributed by atoms with Crippen LogP contribution in [0.1, 0.15) is 25.8 Å². The Morgan fingerprint density at radius 3 is 2.61 bits per heavy atom. The highest BCUT2D eigenvalue weighted by molar-refractivity contribution is 5.78. The van der Waals surface area contributed by atoms with Gasteiger partial charge in [-0.25, -0.2) is 0 Å². The van der Waals surface area contributed by atoms with Gasteiger partial charge in [0.1, 0.15) is 5.69 Å². The Bertz CT molecular complexity index is 600. The number of anilines is 1. The van der Waals surface area contributed by atoms with Crippen molar-refractivity contribution in [2.24, 2.45) is 0 Å². The first-order chi connectivity index (χ1) is 8.74. The van der Waals surface area contributed by atoms with Gasteiger partial charge in [0.05, 0.1) is 11.0 Å². The second kappa shape index (κ2) is 5.21. The van der Waals surface area contributed by atoms with Gasteiger partial charge in [-0.15, -0.1) is 0 Å². The highest BCUT2D eigenvalue weighted by Gasteiger charge is 2.18. The van der Waals surface area contributed by atoms with Crippen LogP contribution in [-0.2, 0) is 0 Å². The van der Waals surface area contributed by atoms with Crippen molar-refractivity contribution in [3.63, 3.8) is 0 Å². The number of rotatable bonds is 1. The number of aromatic nitrogens is 2. The Hall–Kier alpha value is -1.84. The predicted molar refractivity (Wildman–Crippen MR) is 75.3 cm³/mol. The van der Waals surface area contributed by atoms with E-state index in [2.05, 4.69) is 14.9 Å². The van der Waals surface area contributed by atoms with Crippen LogP contribution in [0.15, 0.2) is 23.1 Å². The van der Waals surface area contributed by atoms with Crippen LogP contribution in [-0.4, -0.2) is 23.1 Å². The van der Waals surface area contributed by atoms with E-state index in [9.17, 15) is 4.79 Å². The third-order valence-corrected chi connectivity index (χ3v) is 3.01. The number of H-pyrrole nitrogens is 1. The molecule has 1 N–H and O–H groups in total. The molecule has 0 unspecified atom stereocenters. The zero-order valence-electron chi connectivity index (χ0n) is 11.2. The van der Waals surface area contributed by atoms with Crippen molar-refractivity contribution in [1.82, 2.24) is 9.97 Å². The van der Waals surface area contributed by atoms with E-state index in [0.29, 0.717) is 0 Å². The maximum atomic E-state index is 11.9. The Morgan fingerprint density at radius 2 is 2.00 bits per heavy atom. The van der Waals surface area contributed by atoms with Crippen molar-refractivity contribution < 1.29 is 0 Å². The molecule has 0 bridgehead atoms. The number of hydrogen-bond donors (Lipinski definition) is 1. The van der Waals surface area contributed by atoms with Gasteiger partial charge < -0.3 is 9.88 Å². The van der Waals surface area contributed by atoms with Crippen molar-refractivity contribution in [2.75, 3.05) is 18.0 Å². The van der Waals surface area contributed by atoms with E-state index in [1.807, 2.05) is 39.1 Å². The normalized spacial score (nSPS) is 13.8. The first-order valence-corrected chi connectivity index (χ1v) is 6.49. The summed E-state index contributed by atoms with van der Waals surface area (Å²) in [5.41, 5.74) is 3.45. The van der Waals surface area contributed by atoms with Crippen LogP contribution in [0.3, 0.4) is 0 Å². The third kappa shape index (κ3) is 2.23. The number of nitrogens with one attached hydrogen (secondary N) is 1. The number of fused-ring (bicyclic) bond motifs is 1. The van der Waals surface area contributed by atoms with Crippen LogP contribution in [0.2, 0.25) is 0 Å². The predicted octanol–water partition coefficient (Wildman–Crippen LogP) is 2.47. The van der Waals surface area contributed by atoms with E-state index in [1.54, 1.807) is 0 Å². The van der Waals surface area contributed by atoms with Gasteiger partial charge in [-0.3, -0.25) is 9.78 Å². The van der Waals surface area contributed by atoms with Gasteiger partial charge in [0, 0.05) is 19.3 Å². The summed E-state index contributed by atoms with van der Waals surface area (Å²) in [4.78, 5) is 21.2. The fraction of sp³-hybridized carbons (Fsp3) is 0.429. The fourth-order valence-corrected chi connectivity index (χ4v) is 1.97. The van der Waals surface area contributed by atoms with Crippen LogP contribution in [0.5, 0.6) is 0 Å². The molecule has 3 heterocycles. The molecule has 0 atom stereocenters. The van der Waals surface area contributed by atoms with E-state index >= 15 is 0 Å². The minimum absolute atomic E-state index is 0.0143. The summed E-state index contributed by atoms with van der Waals surface area (Å²) in [5.74, 6) is 0. The molecule has 3 rings (SSSR count). The minimum atomic E-state index is -0.0143. The second-order valence-electron chi connectivity index (χ2n) is 4.27. The summed E-state index contributed by atoms with van der Waals surface area (Å²) >= 11 is 0. The molecule has 1 fully saturated rings. The molecule has 1 saturated heterocycles. The van der Waals surface area contributed by atoms with Crippen molar-refractivity contribution in [2.45, 2.75) is 27.2 Å². The Labute approximate surface area is 107 Å². The maximum Gasteiger partial charge on any atom is 0.272 e. The monoisotopic (exact) mass is 245 g/mol. The van der Waals surface area contributed by atoms with E-state index < -0.39 is 0 Å². The molecule has 0 saturated carbocycles. The molecule has 0 aromatic carbocycles. The van der Waals surface area contributed by atoms with E-state index in [-0.39, 0.29) is 5.56 Å². The molecule has 1 aliphatic rings. The molecule has 96 valence electrons. The van der Waals surface area contributed by atoms with E-state index in [1.165, 1.54) is 6.42 Å². The lowest BCUT2D eigenvalue weighted by atomic mass is 10.2. The lowest BCUT2D eigenvalue weighted by Gasteiger charge is -2.32. The zero-order valence-corrected chi connectivity index (χ0v) is 11.2. The number of aryl methyl sites for hydroxylation is 1. The Kier molecular flexibility index (Phi) is 3.65. The highest BCUT2D eigenvalue weighted by atomic mass is 16.1. The molecule has 2 aromatic heterocycles. The van der Waals surface area contributed by atoms with Crippen molar-refractivity contribution in [3.8, 4) is 0 Å². The maximum absolute atomic E-state index is 11.9. The molecule has 2 aromatic rings. The fourth-order valence-electron chi connectivity index (χ4n) is 1.97. The average Bonchev–Trinajstić information content (AvgIpc) is 2.31. The van der Waals surface area contributed by atoms with Crippen LogP contribution in [0.25, 0.3) is 11.0 Å². The Balaban J connectivity index is 0.000000574. The summed E-state index contributed by atoms with van der Waals surface area (Å²) in [5, 5.41) is 0. The summed E-state index contributed by atoms with van der Waals surface area (Å²) in [6, 6.07) is 3.83. The van der Waals surface area contributed by atoms with Crippen LogP contribution < -0.4 is 10.5 Å². The van der Waals surface area contributed by atoms with Gasteiger partial charge in [0.2, 0.25) is 0 Å². The number of hydrogen-bond acceptors (Lipinski definition) is 3. The highest BCUT2D eigenvalue weighted by Crippen LogP contribution is 2.19. The molecule has 1 aliphatic heterocycles. The third-order valence-electron chi connectivity index (χ3n) is 3.01. The van der Waals surface area contributed by atoms with Crippen LogP contribution in [0, 0.1) is 6.92 Å². The number of nitrogens with zero attached hydrogens (tertiary/aromatic N) is 2. The van der Waals surface area contributed by atoms with Crippen molar-refractivity contribution in [1.29, 1.82) is 0 Å². The molecule has 0 spiro atoms. The Morgan fingerprint density at radius 1 is 1.28 bits per heavy atom. The standard InChI is InChI=1S/C12H13N3O.C2H6/c1-8-5-10-9(13-7-8)6-11(12(16)14-10)15-3-2-4-15;1-2/h5-7H,2-4H2,1H3,(H,14,16);1-2H3. The van der Waals surface area contributed by atoms with Gasteiger partial charge in [-0.1, -0.05) is 13.8 Å². The summed E-state index contributed by atoms with van der Waals surface area (Å²) < 4.78 is 0. The van der Waals surface area contributed by atoms with E-state index in [4.69, 9.17) is 0 Å². The number of aromatic amines is 1. The number of pyridine rings is 2. The topological polar surface area (TPSA) is 49.0 Å². The lowest BCUT2D eigenvalue weighted by Crippen LogP contribution is -2.40. The molecular formula is C14H19N3O. The van der Waals surface area contributed by atoms with Crippen molar-refractivity contribution >= 4 is 16.7 Å². The molecule has 4 heteroatoms. The smallest absolute Gasteiger partial charge is 0.272 e. The van der Waals surface area contributed by atoms with Gasteiger partial charge in [0.15, 0.2) is 0 Å². The van der Waals surface area contributed by atoms with Gasteiger partial charge in [-0.05, 0) is 31.0 Å². The summed E-state index contributed by atoms with van der Waals surface area (Å²) in [6.45, 7) is 7.91. The van der Waals surface area contributed by atoms with Gasteiger partial charge in [0.25, 0.3) is 5.56 Å². The molecule has 4 nitrogen and oxygen atoms in total. The molecular weight excluding hydrogens is 226 g/mol. The first kappa shape index (κ1) is 12.6. The molecule has 0 amide bonds. The lowest BCUT2D eigenvalue weighted by molar-refractivity contribution is 0.615. The summed E-state index contributed by atoms with van der Waals surface area (Å²) in [6.07, 6.45) is 2.99. The van der Waals surface area contributed by atoms with Gasteiger partial charge in [-0.2, -0.15) is 0 Å². The second-order valence-corrected chi connectivity index (χ2v) is 4.27. The quantitative estimate of drug-likeness (QED) is 0.839. The van der Waals surface area contributed by atoms with Crippen molar-refractivity contribution in [3.05, 3.63) is 34.2 Å². The van der Waals surface area contributed by atoms with E-state index in [0.717, 1.165) is 35.4 Å². The van der Waals surface area contributed by atoms with Crippen LogP contribution in [0.4, 0.5) is 5.69 Å². The molecule has 0 aliphatic carbocycles. The summed E-state index contributed by atoms with van der Waals surface area (Å²) in [7, 11) is 0. The first-order valence-electron chi connectivity index (χ1n) is 6.49. The average molecular weight is 245 g/mol.